The monoisotopic (exact) mass is 368 g/mol. The highest BCUT2D eigenvalue weighted by Crippen LogP contribution is 2.41. The van der Waals surface area contributed by atoms with Crippen LogP contribution in [0.1, 0.15) is 11.4 Å². The van der Waals surface area contributed by atoms with E-state index >= 15 is 0 Å². The van der Waals surface area contributed by atoms with E-state index in [1.54, 1.807) is 0 Å². The zero-order valence-corrected chi connectivity index (χ0v) is 16.3. The van der Waals surface area contributed by atoms with Crippen molar-refractivity contribution in [1.82, 2.24) is 9.13 Å². The molecule has 0 unspecified atom stereocenters. The van der Waals surface area contributed by atoms with Crippen LogP contribution in [-0.2, 0) is 14.1 Å². The third-order valence-corrected chi connectivity index (χ3v) is 6.21. The molecule has 0 N–H and O–H groups in total. The predicted molar refractivity (Wildman–Crippen MR) is 115 cm³/mol. The van der Waals surface area contributed by atoms with Gasteiger partial charge in [-0.2, -0.15) is 0 Å². The Bertz CT molecular complexity index is 1370. The number of benzene rings is 2. The van der Waals surface area contributed by atoms with E-state index in [-0.39, 0.29) is 10.9 Å². The summed E-state index contributed by atoms with van der Waals surface area (Å²) >= 11 is 0. The molecule has 0 atom stereocenters. The van der Waals surface area contributed by atoms with E-state index in [1.165, 1.54) is 0 Å². The van der Waals surface area contributed by atoms with Gasteiger partial charge in [0, 0.05) is 69.5 Å². The van der Waals surface area contributed by atoms with Crippen molar-refractivity contribution in [3.63, 3.8) is 0 Å². The van der Waals surface area contributed by atoms with Gasteiger partial charge in [-0.25, -0.2) is 0 Å². The summed E-state index contributed by atoms with van der Waals surface area (Å²) in [7, 11) is 3.99. The number of nitrogens with zero attached hydrogens (tertiary/aromatic N) is 2. The normalized spacial score (nSPS) is 11.9. The Morgan fingerprint density at radius 2 is 0.929 bits per heavy atom. The molecule has 0 saturated carbocycles. The Hall–Kier alpha value is -3.40. The highest BCUT2D eigenvalue weighted by molar-refractivity contribution is 6.08. The summed E-state index contributed by atoms with van der Waals surface area (Å²) in [4.78, 5) is 25.6. The number of fused-ring (bicyclic) bond motifs is 2. The molecule has 4 heteroatoms. The standard InChI is InChI=1S/C24H20N2O2/c1-13-19(15-9-5-7-11-17(15)25(13)3)21-22(24(28)23(21)27)20-14(2)26(4)18-12-8-6-10-16(18)20/h5-12H,1-4H3. The molecule has 0 fully saturated rings. The lowest BCUT2D eigenvalue weighted by Gasteiger charge is -2.13. The van der Waals surface area contributed by atoms with Crippen LogP contribution in [0.5, 0.6) is 0 Å². The van der Waals surface area contributed by atoms with Crippen LogP contribution in [0.2, 0.25) is 0 Å². The maximum absolute atomic E-state index is 12.8. The predicted octanol–water partition coefficient (Wildman–Crippen LogP) is 4.22. The summed E-state index contributed by atoms with van der Waals surface area (Å²) in [5.74, 6) is 0. The van der Waals surface area contributed by atoms with Gasteiger partial charge in [-0.1, -0.05) is 36.4 Å². The van der Waals surface area contributed by atoms with Crippen molar-refractivity contribution < 1.29 is 0 Å². The van der Waals surface area contributed by atoms with Crippen molar-refractivity contribution in [1.29, 1.82) is 0 Å². The third-order valence-electron chi connectivity index (χ3n) is 6.21. The van der Waals surface area contributed by atoms with Gasteiger partial charge < -0.3 is 9.13 Å². The minimum Gasteiger partial charge on any atom is -0.347 e. The van der Waals surface area contributed by atoms with Crippen LogP contribution < -0.4 is 10.9 Å². The van der Waals surface area contributed by atoms with Gasteiger partial charge in [0.15, 0.2) is 0 Å². The van der Waals surface area contributed by atoms with Crippen molar-refractivity contribution in [2.75, 3.05) is 0 Å². The molecule has 5 aromatic rings. The fourth-order valence-electron chi connectivity index (χ4n) is 4.54. The van der Waals surface area contributed by atoms with E-state index in [0.717, 1.165) is 44.3 Å². The Kier molecular flexibility index (Phi) is 3.32. The SMILES string of the molecule is Cc1c(-c2c(-c3c(C)n(C)c4ccccc34)c(=O)c2=O)c2ccccc2n1C. The molecule has 0 spiro atoms. The zero-order chi connectivity index (χ0) is 19.7. The fraction of sp³-hybridized carbons (Fsp3) is 0.167. The first-order chi connectivity index (χ1) is 13.4. The van der Waals surface area contributed by atoms with Crippen LogP contribution >= 0.6 is 0 Å². The maximum atomic E-state index is 12.8. The third kappa shape index (κ3) is 1.89. The van der Waals surface area contributed by atoms with Crippen molar-refractivity contribution in [3.05, 3.63) is 80.4 Å². The smallest absolute Gasteiger partial charge is 0.235 e. The molecule has 138 valence electrons. The quantitative estimate of drug-likeness (QED) is 0.438. The maximum Gasteiger partial charge on any atom is 0.235 e. The van der Waals surface area contributed by atoms with E-state index < -0.39 is 0 Å². The summed E-state index contributed by atoms with van der Waals surface area (Å²) < 4.78 is 4.17. The van der Waals surface area contributed by atoms with Gasteiger partial charge in [0.1, 0.15) is 0 Å². The first-order valence-corrected chi connectivity index (χ1v) is 9.35. The van der Waals surface area contributed by atoms with Gasteiger partial charge in [0.2, 0.25) is 10.9 Å². The molecule has 0 radical (unpaired) electrons. The van der Waals surface area contributed by atoms with Gasteiger partial charge in [-0.3, -0.25) is 9.59 Å². The topological polar surface area (TPSA) is 44.0 Å². The highest BCUT2D eigenvalue weighted by Gasteiger charge is 2.30. The molecular formula is C24H20N2O2. The largest absolute Gasteiger partial charge is 0.347 e. The zero-order valence-electron chi connectivity index (χ0n) is 16.3. The minimum absolute atomic E-state index is 0.387. The molecule has 28 heavy (non-hydrogen) atoms. The molecule has 2 aromatic heterocycles. The molecule has 0 aliphatic heterocycles. The van der Waals surface area contributed by atoms with E-state index in [1.807, 2.05) is 76.5 Å². The molecule has 0 amide bonds. The van der Waals surface area contributed by atoms with Gasteiger partial charge in [0.25, 0.3) is 0 Å². The summed E-state index contributed by atoms with van der Waals surface area (Å²) in [6, 6.07) is 16.1. The Morgan fingerprint density at radius 1 is 0.571 bits per heavy atom. The van der Waals surface area contributed by atoms with Crippen LogP contribution in [0.4, 0.5) is 0 Å². The number of rotatable bonds is 2. The lowest BCUT2D eigenvalue weighted by Crippen LogP contribution is -2.35. The van der Waals surface area contributed by atoms with Crippen molar-refractivity contribution in [2.45, 2.75) is 13.8 Å². The summed E-state index contributed by atoms with van der Waals surface area (Å²) in [5.41, 5.74) is 6.20. The number of aromatic nitrogens is 2. The molecule has 2 heterocycles. The molecule has 5 rings (SSSR count). The van der Waals surface area contributed by atoms with E-state index in [0.29, 0.717) is 11.1 Å². The Balaban J connectivity index is 1.92. The van der Waals surface area contributed by atoms with Gasteiger partial charge >= 0.3 is 0 Å². The summed E-state index contributed by atoms with van der Waals surface area (Å²) in [6.07, 6.45) is 0. The van der Waals surface area contributed by atoms with Crippen molar-refractivity contribution in [3.8, 4) is 22.3 Å². The molecule has 4 nitrogen and oxygen atoms in total. The van der Waals surface area contributed by atoms with Crippen LogP contribution in [0.15, 0.2) is 58.1 Å². The first kappa shape index (κ1) is 16.8. The van der Waals surface area contributed by atoms with Crippen molar-refractivity contribution >= 4 is 21.8 Å². The fourth-order valence-corrected chi connectivity index (χ4v) is 4.54. The minimum atomic E-state index is -0.387. The average molecular weight is 368 g/mol. The molecule has 0 aliphatic rings. The van der Waals surface area contributed by atoms with Crippen LogP contribution in [-0.4, -0.2) is 9.13 Å². The Labute approximate surface area is 162 Å². The molecule has 0 bridgehead atoms. The highest BCUT2D eigenvalue weighted by atomic mass is 16.2. The number of para-hydroxylation sites is 2. The number of hydrogen-bond donors (Lipinski definition) is 0. The lowest BCUT2D eigenvalue weighted by molar-refractivity contribution is 0.917. The number of aryl methyl sites for hydroxylation is 2. The van der Waals surface area contributed by atoms with Gasteiger partial charge in [0.05, 0.1) is 0 Å². The molecule has 0 saturated heterocycles. The molecule has 3 aromatic carbocycles. The van der Waals surface area contributed by atoms with Crippen LogP contribution in [0, 0.1) is 13.8 Å². The van der Waals surface area contributed by atoms with E-state index in [2.05, 4.69) is 9.13 Å². The Morgan fingerprint density at radius 3 is 1.32 bits per heavy atom. The summed E-state index contributed by atoms with van der Waals surface area (Å²) in [6.45, 7) is 4.01. The second-order valence-corrected chi connectivity index (χ2v) is 7.48. The average Bonchev–Trinajstić information content (AvgIpc) is 3.11. The molecule has 0 aliphatic carbocycles. The van der Waals surface area contributed by atoms with Crippen LogP contribution in [0.3, 0.4) is 0 Å². The lowest BCUT2D eigenvalue weighted by atomic mass is 9.87. The van der Waals surface area contributed by atoms with Gasteiger partial charge in [-0.15, -0.1) is 0 Å². The van der Waals surface area contributed by atoms with E-state index in [9.17, 15) is 9.59 Å². The van der Waals surface area contributed by atoms with E-state index in [4.69, 9.17) is 0 Å². The van der Waals surface area contributed by atoms with Crippen LogP contribution in [0.25, 0.3) is 44.1 Å². The second-order valence-electron chi connectivity index (χ2n) is 7.48. The molecular weight excluding hydrogens is 348 g/mol. The van der Waals surface area contributed by atoms with Gasteiger partial charge in [-0.05, 0) is 26.0 Å². The van der Waals surface area contributed by atoms with Crippen molar-refractivity contribution in [2.24, 2.45) is 14.1 Å². The second kappa shape index (κ2) is 5.55. The first-order valence-electron chi connectivity index (χ1n) is 9.35. The summed E-state index contributed by atoms with van der Waals surface area (Å²) in [5, 5.41) is 2.02. The number of hydrogen-bond acceptors (Lipinski definition) is 2.